The van der Waals surface area contributed by atoms with E-state index in [0.717, 1.165) is 13.1 Å². The molecule has 0 aliphatic heterocycles. The first kappa shape index (κ1) is 11.3. The molecule has 2 aromatic rings. The third kappa shape index (κ3) is 2.30. The average molecular weight is 354 g/mol. The normalized spacial score (nSPS) is 13.1. The predicted molar refractivity (Wildman–Crippen MR) is 63.6 cm³/mol. The molecule has 1 atom stereocenters. The van der Waals surface area contributed by atoms with E-state index >= 15 is 0 Å². The van der Waals surface area contributed by atoms with Crippen LogP contribution in [0.4, 0.5) is 0 Å². The Balaban J connectivity index is 2.41. The number of nitrogens with zero attached hydrogens (tertiary/aromatic N) is 2. The minimum absolute atomic E-state index is 0.291. The smallest absolute Gasteiger partial charge is 0.260 e. The first-order valence-electron chi connectivity index (χ1n) is 4.05. The van der Waals surface area contributed by atoms with Crippen LogP contribution in [-0.2, 0) is 0 Å². The molecule has 0 saturated heterocycles. The number of halogens is 2. The zero-order chi connectivity index (χ0) is 11.0. The van der Waals surface area contributed by atoms with Crippen LogP contribution in [0.1, 0.15) is 18.9 Å². The lowest BCUT2D eigenvalue weighted by Crippen LogP contribution is -1.92. The third-order valence-electron chi connectivity index (χ3n) is 1.70. The van der Waals surface area contributed by atoms with Gasteiger partial charge in [0.25, 0.3) is 5.89 Å². The summed E-state index contributed by atoms with van der Waals surface area (Å²) in [6.07, 6.45) is -0.719. The fourth-order valence-electron chi connectivity index (χ4n) is 1.00. The molecule has 0 amide bonds. The summed E-state index contributed by atoms with van der Waals surface area (Å²) >= 11 is 8.29. The van der Waals surface area contributed by atoms with E-state index in [9.17, 15) is 5.11 Å². The zero-order valence-corrected chi connectivity index (χ0v) is 11.6. The van der Waals surface area contributed by atoms with Crippen molar-refractivity contribution in [3.05, 3.63) is 19.5 Å². The van der Waals surface area contributed by atoms with Crippen LogP contribution in [0.2, 0.25) is 0 Å². The summed E-state index contributed by atoms with van der Waals surface area (Å²) in [6.45, 7) is 1.59. The molecule has 7 heteroatoms. The molecule has 4 nitrogen and oxygen atoms in total. The van der Waals surface area contributed by atoms with Gasteiger partial charge in [0, 0.05) is 0 Å². The molecule has 15 heavy (non-hydrogen) atoms. The van der Waals surface area contributed by atoms with Crippen molar-refractivity contribution in [1.82, 2.24) is 10.1 Å². The molecule has 0 aliphatic carbocycles. The summed E-state index contributed by atoms with van der Waals surface area (Å²) in [6, 6.07) is 1.88. The molecule has 0 aliphatic rings. The van der Waals surface area contributed by atoms with Crippen molar-refractivity contribution in [1.29, 1.82) is 0 Å². The maximum absolute atomic E-state index is 9.26. The fourth-order valence-corrected chi connectivity index (χ4v) is 3.78. The van der Waals surface area contributed by atoms with Gasteiger partial charge in [-0.15, -0.1) is 11.3 Å². The van der Waals surface area contributed by atoms with Crippen LogP contribution >= 0.6 is 43.2 Å². The summed E-state index contributed by atoms with van der Waals surface area (Å²) in [4.78, 5) is 4.08. The van der Waals surface area contributed by atoms with Crippen molar-refractivity contribution in [2.45, 2.75) is 13.0 Å². The monoisotopic (exact) mass is 352 g/mol. The van der Waals surface area contributed by atoms with Crippen LogP contribution in [0.15, 0.2) is 18.2 Å². The van der Waals surface area contributed by atoms with Gasteiger partial charge in [-0.2, -0.15) is 4.98 Å². The first-order valence-corrected chi connectivity index (χ1v) is 6.45. The number of rotatable bonds is 2. The summed E-state index contributed by atoms with van der Waals surface area (Å²) in [5.41, 5.74) is 0.825. The van der Waals surface area contributed by atoms with Crippen molar-refractivity contribution in [2.75, 3.05) is 0 Å². The molecule has 2 aromatic heterocycles. The highest BCUT2D eigenvalue weighted by Crippen LogP contribution is 2.37. The van der Waals surface area contributed by atoms with E-state index in [1.54, 1.807) is 6.92 Å². The second kappa shape index (κ2) is 4.32. The van der Waals surface area contributed by atoms with E-state index in [4.69, 9.17) is 4.52 Å². The van der Waals surface area contributed by atoms with Gasteiger partial charge in [-0.1, -0.05) is 5.16 Å². The molecule has 80 valence electrons. The third-order valence-corrected chi connectivity index (χ3v) is 4.04. The van der Waals surface area contributed by atoms with Crippen molar-refractivity contribution < 1.29 is 9.63 Å². The first-order chi connectivity index (χ1) is 7.08. The van der Waals surface area contributed by atoms with Gasteiger partial charge in [-0.05, 0) is 44.8 Å². The van der Waals surface area contributed by atoms with E-state index < -0.39 is 6.10 Å². The van der Waals surface area contributed by atoms with Crippen LogP contribution in [-0.4, -0.2) is 15.2 Å². The zero-order valence-electron chi connectivity index (χ0n) is 7.57. The van der Waals surface area contributed by atoms with E-state index in [1.165, 1.54) is 11.3 Å². The van der Waals surface area contributed by atoms with Gasteiger partial charge in [-0.25, -0.2) is 0 Å². The largest absolute Gasteiger partial charge is 0.385 e. The number of aliphatic hydroxyl groups is 1. The standard InChI is InChI=1S/C8H6Br2N2O2S/c1-3(13)7-11-8(14-12-7)4-2-5(9)15-6(4)10/h2-3,13H,1H3. The van der Waals surface area contributed by atoms with Gasteiger partial charge in [0.15, 0.2) is 5.82 Å². The van der Waals surface area contributed by atoms with Gasteiger partial charge < -0.3 is 9.63 Å². The molecule has 0 radical (unpaired) electrons. The molecule has 1 N–H and O–H groups in total. The van der Waals surface area contributed by atoms with Crippen molar-refractivity contribution in [3.8, 4) is 11.5 Å². The molecule has 0 aromatic carbocycles. The topological polar surface area (TPSA) is 59.2 Å². The summed E-state index contributed by atoms with van der Waals surface area (Å²) in [7, 11) is 0. The van der Waals surface area contributed by atoms with Gasteiger partial charge in [0.2, 0.25) is 0 Å². The van der Waals surface area contributed by atoms with Crippen LogP contribution in [0.25, 0.3) is 11.5 Å². The fraction of sp³-hybridized carbons (Fsp3) is 0.250. The van der Waals surface area contributed by atoms with Gasteiger partial charge >= 0.3 is 0 Å². The minimum atomic E-state index is -0.719. The van der Waals surface area contributed by atoms with Gasteiger partial charge in [-0.3, -0.25) is 0 Å². The molecular formula is C8H6Br2N2O2S. The molecular weight excluding hydrogens is 348 g/mol. The Morgan fingerprint density at radius 1 is 1.53 bits per heavy atom. The Morgan fingerprint density at radius 3 is 2.73 bits per heavy atom. The lowest BCUT2D eigenvalue weighted by Gasteiger charge is -1.91. The molecule has 0 spiro atoms. The summed E-state index contributed by atoms with van der Waals surface area (Å²) < 4.78 is 6.93. The number of aromatic nitrogens is 2. The number of hydrogen-bond donors (Lipinski definition) is 1. The second-order valence-electron chi connectivity index (χ2n) is 2.87. The van der Waals surface area contributed by atoms with E-state index in [2.05, 4.69) is 42.0 Å². The maximum atomic E-state index is 9.26. The highest BCUT2D eigenvalue weighted by Gasteiger charge is 2.16. The van der Waals surface area contributed by atoms with Crippen molar-refractivity contribution in [3.63, 3.8) is 0 Å². The number of hydrogen-bond acceptors (Lipinski definition) is 5. The molecule has 2 rings (SSSR count). The van der Waals surface area contributed by atoms with Gasteiger partial charge in [0.1, 0.15) is 6.10 Å². The lowest BCUT2D eigenvalue weighted by atomic mass is 10.3. The van der Waals surface area contributed by atoms with Crippen molar-refractivity contribution >= 4 is 43.2 Å². The van der Waals surface area contributed by atoms with Crippen molar-refractivity contribution in [2.24, 2.45) is 0 Å². The minimum Gasteiger partial charge on any atom is -0.385 e. The Bertz CT molecular complexity index is 481. The maximum Gasteiger partial charge on any atom is 0.260 e. The molecule has 0 bridgehead atoms. The van der Waals surface area contributed by atoms with Crippen LogP contribution < -0.4 is 0 Å². The molecule has 0 saturated carbocycles. The number of aliphatic hydroxyl groups excluding tert-OH is 1. The second-order valence-corrected chi connectivity index (χ2v) is 6.62. The predicted octanol–water partition coefficient (Wildman–Crippen LogP) is 3.38. The lowest BCUT2D eigenvalue weighted by molar-refractivity contribution is 0.184. The van der Waals surface area contributed by atoms with E-state index in [0.29, 0.717) is 11.7 Å². The molecule has 2 heterocycles. The Hall–Kier alpha value is -0.240. The molecule has 0 fully saturated rings. The highest BCUT2D eigenvalue weighted by molar-refractivity contribution is 9.12. The van der Waals surface area contributed by atoms with E-state index in [1.807, 2.05) is 6.07 Å². The SMILES string of the molecule is CC(O)c1noc(-c2cc(Br)sc2Br)n1. The Kier molecular flexibility index (Phi) is 3.24. The quantitative estimate of drug-likeness (QED) is 0.899. The van der Waals surface area contributed by atoms with Gasteiger partial charge in [0.05, 0.1) is 13.1 Å². The van der Waals surface area contributed by atoms with E-state index in [-0.39, 0.29) is 0 Å². The number of thiophene rings is 1. The Morgan fingerprint density at radius 2 is 2.27 bits per heavy atom. The Labute approximate surface area is 107 Å². The van der Waals surface area contributed by atoms with Crippen LogP contribution in [0, 0.1) is 0 Å². The van der Waals surface area contributed by atoms with Crippen LogP contribution in [0.3, 0.4) is 0 Å². The average Bonchev–Trinajstić information content (AvgIpc) is 2.71. The molecule has 1 unspecified atom stereocenters. The summed E-state index contributed by atoms with van der Waals surface area (Å²) in [5, 5.41) is 12.9. The summed E-state index contributed by atoms with van der Waals surface area (Å²) in [5.74, 6) is 0.693. The van der Waals surface area contributed by atoms with Crippen LogP contribution in [0.5, 0.6) is 0 Å². The highest BCUT2D eigenvalue weighted by atomic mass is 79.9.